The average molecular weight is 1140 g/mol. The Morgan fingerprint density at radius 2 is 0.610 bits per heavy atom. The first-order valence-corrected chi connectivity index (χ1v) is 25.8. The van der Waals surface area contributed by atoms with E-state index < -0.39 is 48.9 Å². The predicted octanol–water partition coefficient (Wildman–Crippen LogP) is 4.30. The number of ether oxygens (including phenoxy) is 12. The molecule has 0 aromatic heterocycles. The number of aliphatic hydroxyl groups excluding tert-OH is 2. The molecule has 24 nitrogen and oxygen atoms in total. The minimum absolute atomic E-state index is 0.00843. The second kappa shape index (κ2) is 38.8. The Morgan fingerprint density at radius 3 is 0.878 bits per heavy atom. The average Bonchev–Trinajstić information content (AvgIpc) is 3.62. The molecule has 4 rings (SSSR count). The van der Waals surface area contributed by atoms with Gasteiger partial charge in [0.05, 0.1) is 26.3 Å². The first kappa shape index (κ1) is 65.7. The van der Waals surface area contributed by atoms with E-state index in [1.54, 1.807) is 24.3 Å². The molecule has 0 saturated carbocycles. The molecule has 0 aliphatic carbocycles. The first-order chi connectivity index (χ1) is 39.8. The van der Waals surface area contributed by atoms with Gasteiger partial charge in [-0.3, -0.25) is 10.6 Å². The summed E-state index contributed by atoms with van der Waals surface area (Å²) in [6, 6.07) is 30.0. The van der Waals surface area contributed by atoms with Crippen molar-refractivity contribution >= 4 is 36.1 Å². The normalized spacial score (nSPS) is 11.7. The number of alkyl carbamates (subject to hydrolysis) is 2. The van der Waals surface area contributed by atoms with Crippen LogP contribution in [-0.2, 0) is 57.1 Å². The summed E-state index contributed by atoms with van der Waals surface area (Å²) in [5, 5.41) is 30.6. The topological polar surface area (TPSA) is 302 Å². The van der Waals surface area contributed by atoms with Gasteiger partial charge in [-0.25, -0.2) is 28.8 Å². The molecule has 6 N–H and O–H groups in total. The highest BCUT2D eigenvalue weighted by molar-refractivity contribution is 5.82. The van der Waals surface area contributed by atoms with E-state index >= 15 is 0 Å². The summed E-state index contributed by atoms with van der Waals surface area (Å²) < 4.78 is 64.4. The molecule has 0 heterocycles. The van der Waals surface area contributed by atoms with Gasteiger partial charge in [-0.1, -0.05) is 74.8 Å². The maximum absolute atomic E-state index is 12.2. The number of hydrogen-bond acceptors (Lipinski definition) is 22. The molecule has 442 valence electrons. The number of hydrogen-bond donors (Lipinski definition) is 6. The van der Waals surface area contributed by atoms with E-state index in [4.69, 9.17) is 56.8 Å². The second-order valence-electron chi connectivity index (χ2n) is 16.6. The van der Waals surface area contributed by atoms with Gasteiger partial charge >= 0.3 is 36.1 Å². The van der Waals surface area contributed by atoms with Crippen molar-refractivity contribution in [3.8, 4) is 23.0 Å². The van der Waals surface area contributed by atoms with Crippen molar-refractivity contribution in [2.24, 2.45) is 0 Å². The van der Waals surface area contributed by atoms with Gasteiger partial charge < -0.3 is 77.7 Å². The Hall–Kier alpha value is -8.78. The quantitative estimate of drug-likeness (QED) is 0.0119. The number of aliphatic hydroxyl groups is 2. The zero-order valence-electron chi connectivity index (χ0n) is 45.2. The molecule has 82 heavy (non-hydrogen) atoms. The fourth-order valence-electron chi connectivity index (χ4n) is 7.20. The third-order valence-corrected chi connectivity index (χ3v) is 10.9. The lowest BCUT2D eigenvalue weighted by Crippen LogP contribution is -2.35. The highest BCUT2D eigenvalue weighted by Crippen LogP contribution is 2.44. The van der Waals surface area contributed by atoms with Crippen molar-refractivity contribution < 1.29 is 95.8 Å². The van der Waals surface area contributed by atoms with Crippen molar-refractivity contribution in [1.29, 1.82) is 0 Å². The molecule has 4 aromatic rings. The molecule has 4 aromatic carbocycles. The Balaban J connectivity index is 1.55. The summed E-state index contributed by atoms with van der Waals surface area (Å²) in [5.41, 5.74) is 3.53. The van der Waals surface area contributed by atoms with Crippen LogP contribution >= 0.6 is 0 Å². The zero-order chi connectivity index (χ0) is 59.2. The first-order valence-electron chi connectivity index (χ1n) is 25.8. The molecule has 0 radical (unpaired) electrons. The number of esters is 4. The standard InChI is InChI=1S/C58H70N4O20/c1-5-49(63)75-29-25-59-55(67)79-37-33-71-45-17-9-41(10-18-45)53(42-11-19-46(20-12-42)72-34-38-80-56(68)60-26-30-76-50(64)6-2)54(43-13-21-47(22-14-43)73-35-39-81-57(69)61-27-31-77-51(65)7-3)44-15-23-48(24-16-44)74-36-40-82-58(70)62-28-32-78-52(66)8-4/h5-24,53-56,59-60,67-68H,1-4,25-40H2,(H,61,69)(H,62,70). The summed E-state index contributed by atoms with van der Waals surface area (Å²) in [6.07, 6.45) is 0.0374. The fraction of sp³-hybridized carbons (Fsp3) is 0.345. The predicted molar refractivity (Wildman–Crippen MR) is 295 cm³/mol. The Morgan fingerprint density at radius 1 is 0.354 bits per heavy atom. The lowest BCUT2D eigenvalue weighted by Gasteiger charge is -2.30. The van der Waals surface area contributed by atoms with E-state index in [9.17, 15) is 39.0 Å². The summed E-state index contributed by atoms with van der Waals surface area (Å²) in [6.45, 7) is 13.8. The number of amides is 2. The molecular formula is C58H70N4O20. The third kappa shape index (κ3) is 26.5. The Bertz CT molecular complexity index is 2420. The summed E-state index contributed by atoms with van der Waals surface area (Å²) in [5.74, 6) is -1.10. The van der Waals surface area contributed by atoms with Crippen molar-refractivity contribution in [2.75, 3.05) is 105 Å². The lowest BCUT2D eigenvalue weighted by atomic mass is 9.73. The Labute approximate surface area is 474 Å². The minimum atomic E-state index is -1.33. The van der Waals surface area contributed by atoms with E-state index in [2.05, 4.69) is 47.6 Å². The van der Waals surface area contributed by atoms with Crippen LogP contribution in [0.25, 0.3) is 0 Å². The van der Waals surface area contributed by atoms with Gasteiger partial charge in [0.15, 0.2) is 0 Å². The van der Waals surface area contributed by atoms with Gasteiger partial charge in [0.1, 0.15) is 89.1 Å². The SMILES string of the molecule is C=CC(=O)OCCNC(=O)OCCOc1ccc(C(c2ccc(OCCOC(=O)NCCOC(=O)C=C)cc2)C(c2ccc(OCCOC(O)NCCOC(=O)C=C)cc2)c2ccc(OCCOC(O)NCCOC(=O)C=C)cc2)cc1. The minimum Gasteiger partial charge on any atom is -0.491 e. The van der Waals surface area contributed by atoms with Gasteiger partial charge in [0, 0.05) is 49.2 Å². The fourth-order valence-corrected chi connectivity index (χ4v) is 7.20. The molecular weight excluding hydrogens is 1070 g/mol. The van der Waals surface area contributed by atoms with Crippen molar-refractivity contribution in [2.45, 2.75) is 24.7 Å². The van der Waals surface area contributed by atoms with Gasteiger partial charge in [-0.15, -0.1) is 0 Å². The highest BCUT2D eigenvalue weighted by Gasteiger charge is 2.29. The molecule has 2 amide bonds. The third-order valence-electron chi connectivity index (χ3n) is 10.9. The zero-order valence-corrected chi connectivity index (χ0v) is 45.2. The van der Waals surface area contributed by atoms with E-state index in [1.807, 2.05) is 72.8 Å². The van der Waals surface area contributed by atoms with Gasteiger partial charge in [0.2, 0.25) is 12.8 Å². The Kier molecular flexibility index (Phi) is 31.1. The van der Waals surface area contributed by atoms with E-state index in [-0.39, 0.29) is 117 Å². The largest absolute Gasteiger partial charge is 0.491 e. The number of carbonyl (C=O) groups excluding carboxylic acids is 6. The number of benzene rings is 4. The molecule has 0 spiro atoms. The molecule has 0 aliphatic heterocycles. The molecule has 0 saturated heterocycles. The molecule has 2 atom stereocenters. The van der Waals surface area contributed by atoms with E-state index in [1.165, 1.54) is 0 Å². The highest BCUT2D eigenvalue weighted by atomic mass is 16.6. The summed E-state index contributed by atoms with van der Waals surface area (Å²) in [4.78, 5) is 69.3. The van der Waals surface area contributed by atoms with Crippen LogP contribution in [0.1, 0.15) is 34.1 Å². The van der Waals surface area contributed by atoms with Gasteiger partial charge in [0.25, 0.3) is 0 Å². The molecule has 0 bridgehead atoms. The van der Waals surface area contributed by atoms with E-state index in [0.29, 0.717) is 23.0 Å². The molecule has 0 aliphatic rings. The molecule has 0 fully saturated rings. The van der Waals surface area contributed by atoms with Gasteiger partial charge in [-0.05, 0) is 70.8 Å². The lowest BCUT2D eigenvalue weighted by molar-refractivity contribution is -0.141. The number of nitrogens with one attached hydrogen (secondary N) is 4. The second-order valence-corrected chi connectivity index (χ2v) is 16.6. The van der Waals surface area contributed by atoms with Crippen LogP contribution in [0.4, 0.5) is 9.59 Å². The molecule has 24 heteroatoms. The maximum atomic E-state index is 12.2. The van der Waals surface area contributed by atoms with Crippen molar-refractivity contribution in [3.05, 3.63) is 170 Å². The van der Waals surface area contributed by atoms with Crippen LogP contribution in [0.5, 0.6) is 23.0 Å². The van der Waals surface area contributed by atoms with Gasteiger partial charge in [-0.2, -0.15) is 0 Å². The number of rotatable bonds is 41. The van der Waals surface area contributed by atoms with Crippen molar-refractivity contribution in [3.63, 3.8) is 0 Å². The van der Waals surface area contributed by atoms with Crippen molar-refractivity contribution in [1.82, 2.24) is 21.3 Å². The monoisotopic (exact) mass is 1140 g/mol. The van der Waals surface area contributed by atoms with Crippen LogP contribution < -0.4 is 40.2 Å². The summed E-state index contributed by atoms with van der Waals surface area (Å²) >= 11 is 0. The van der Waals surface area contributed by atoms with Crippen LogP contribution in [0.15, 0.2) is 148 Å². The van der Waals surface area contributed by atoms with Crippen LogP contribution in [0.2, 0.25) is 0 Å². The smallest absolute Gasteiger partial charge is 0.407 e. The number of carbonyl (C=O) groups is 6. The van der Waals surface area contributed by atoms with Crippen LogP contribution in [0.3, 0.4) is 0 Å². The van der Waals surface area contributed by atoms with Crippen LogP contribution in [-0.4, -0.2) is 165 Å². The maximum Gasteiger partial charge on any atom is 0.407 e. The molecule has 2 unspecified atom stereocenters. The summed E-state index contributed by atoms with van der Waals surface area (Å²) in [7, 11) is 0. The van der Waals surface area contributed by atoms with E-state index in [0.717, 1.165) is 46.6 Å². The van der Waals surface area contributed by atoms with Crippen LogP contribution in [0, 0.1) is 0 Å².